The molecular weight excluding hydrogens is 547 g/mol. The first kappa shape index (κ1) is 31.7. The molecule has 6 atom stereocenters. The molecule has 0 spiro atoms. The number of cyclic esters (lactones) is 1. The van der Waals surface area contributed by atoms with Gasteiger partial charge in [0.2, 0.25) is 17.7 Å². The molecule has 3 aliphatic rings. The molecule has 0 aliphatic carbocycles. The molecule has 0 aromatic heterocycles. The summed E-state index contributed by atoms with van der Waals surface area (Å²) in [5.74, 6) is -4.16. The van der Waals surface area contributed by atoms with Crippen LogP contribution in [0, 0.1) is 46.3 Å². The van der Waals surface area contributed by atoms with E-state index in [0.29, 0.717) is 0 Å². The van der Waals surface area contributed by atoms with Gasteiger partial charge in [-0.15, -0.1) is 12.3 Å². The zero-order valence-corrected chi connectivity index (χ0v) is 23.3. The van der Waals surface area contributed by atoms with Gasteiger partial charge in [-0.1, -0.05) is 13.8 Å². The molecule has 11 nitrogen and oxygen atoms in total. The summed E-state index contributed by atoms with van der Waals surface area (Å²) >= 11 is 0. The van der Waals surface area contributed by atoms with E-state index in [4.69, 9.17) is 11.2 Å². The molecule has 0 unspecified atom stereocenters. The summed E-state index contributed by atoms with van der Waals surface area (Å²) in [7, 11) is 0. The Kier molecular flexibility index (Phi) is 8.96. The first-order valence-corrected chi connectivity index (χ1v) is 13.3. The number of esters is 1. The minimum atomic E-state index is -5.30. The molecule has 224 valence electrons. The van der Waals surface area contributed by atoms with Crippen LogP contribution in [0.15, 0.2) is 0 Å². The highest BCUT2D eigenvalue weighted by atomic mass is 19.4. The second-order valence-electron chi connectivity index (χ2n) is 12.0. The Balaban J connectivity index is 2.08. The monoisotopic (exact) mass is 581 g/mol. The molecular formula is C27H34F3N5O6. The van der Waals surface area contributed by atoms with Gasteiger partial charge < -0.3 is 25.6 Å². The lowest BCUT2D eigenvalue weighted by Crippen LogP contribution is -2.61. The van der Waals surface area contributed by atoms with E-state index in [1.165, 1.54) is 13.8 Å². The number of ether oxygens (including phenoxy) is 1. The maximum atomic E-state index is 14.0. The molecule has 3 saturated heterocycles. The van der Waals surface area contributed by atoms with Crippen LogP contribution in [-0.2, 0) is 28.7 Å². The van der Waals surface area contributed by atoms with E-state index >= 15 is 0 Å². The Bertz CT molecular complexity index is 1190. The smallest absolute Gasteiger partial charge is 0.464 e. The molecule has 4 amide bonds. The summed E-state index contributed by atoms with van der Waals surface area (Å²) in [5, 5.41) is 16.6. The second kappa shape index (κ2) is 11.6. The molecule has 0 aromatic rings. The zero-order chi connectivity index (χ0) is 30.9. The highest BCUT2D eigenvalue weighted by Crippen LogP contribution is 2.40. The molecule has 41 heavy (non-hydrogen) atoms. The summed E-state index contributed by atoms with van der Waals surface area (Å²) < 4.78 is 45.2. The van der Waals surface area contributed by atoms with Crippen molar-refractivity contribution in [3.05, 3.63) is 0 Å². The third kappa shape index (κ3) is 6.75. The fraction of sp³-hybridized carbons (Fsp3) is 0.704. The summed E-state index contributed by atoms with van der Waals surface area (Å²) in [6.07, 6.45) is 0.401. The van der Waals surface area contributed by atoms with E-state index in [0.717, 1.165) is 4.90 Å². The first-order valence-electron chi connectivity index (χ1n) is 13.3. The third-order valence-corrected chi connectivity index (χ3v) is 8.29. The van der Waals surface area contributed by atoms with Crippen LogP contribution in [0.3, 0.4) is 0 Å². The Morgan fingerprint density at radius 3 is 2.39 bits per heavy atom. The van der Waals surface area contributed by atoms with Crippen molar-refractivity contribution in [1.29, 1.82) is 5.26 Å². The second-order valence-corrected chi connectivity index (χ2v) is 12.0. The molecule has 3 heterocycles. The van der Waals surface area contributed by atoms with E-state index in [1.54, 1.807) is 19.2 Å². The third-order valence-electron chi connectivity index (χ3n) is 8.29. The number of hydrogen-bond acceptors (Lipinski definition) is 7. The minimum absolute atomic E-state index is 0.0141. The highest BCUT2D eigenvalue weighted by Gasteiger charge is 2.53. The number of amides is 4. The summed E-state index contributed by atoms with van der Waals surface area (Å²) in [4.78, 5) is 65.9. The largest absolute Gasteiger partial charge is 0.471 e. The predicted molar refractivity (Wildman–Crippen MR) is 136 cm³/mol. The van der Waals surface area contributed by atoms with Gasteiger partial charge in [-0.25, -0.2) is 4.79 Å². The van der Waals surface area contributed by atoms with Crippen LogP contribution in [0.5, 0.6) is 0 Å². The Hall–Kier alpha value is -3.81. The van der Waals surface area contributed by atoms with E-state index in [1.807, 2.05) is 6.07 Å². The molecule has 0 radical (unpaired) electrons. The normalized spacial score (nSPS) is 31.2. The number of nitrogens with zero attached hydrogens (tertiary/aromatic N) is 2. The number of carbonyl (C=O) groups is 5. The van der Waals surface area contributed by atoms with E-state index in [2.05, 4.69) is 16.6 Å². The van der Waals surface area contributed by atoms with Gasteiger partial charge in [0.1, 0.15) is 24.2 Å². The molecule has 0 aromatic carbocycles. The molecule has 3 N–H and O–H groups in total. The van der Waals surface area contributed by atoms with Crippen LogP contribution in [0.2, 0.25) is 0 Å². The summed E-state index contributed by atoms with van der Waals surface area (Å²) in [6.45, 7) is 5.84. The average molecular weight is 582 g/mol. The number of hydrogen-bond donors (Lipinski definition) is 3. The molecule has 2 bridgehead atoms. The maximum Gasteiger partial charge on any atom is 0.471 e. The summed E-state index contributed by atoms with van der Waals surface area (Å²) in [6, 6.07) is -3.34. The Morgan fingerprint density at radius 1 is 1.15 bits per heavy atom. The number of fused-ring (bicyclic) bond motifs is 3. The summed E-state index contributed by atoms with van der Waals surface area (Å²) in [5.41, 5.74) is -2.33. The van der Waals surface area contributed by atoms with Crippen LogP contribution in [-0.4, -0.2) is 78.0 Å². The van der Waals surface area contributed by atoms with Crippen molar-refractivity contribution < 1.29 is 41.9 Å². The van der Waals surface area contributed by atoms with Crippen LogP contribution in [0.1, 0.15) is 53.4 Å². The van der Waals surface area contributed by atoms with Gasteiger partial charge in [0, 0.05) is 23.8 Å². The van der Waals surface area contributed by atoms with Gasteiger partial charge >= 0.3 is 18.1 Å². The topological polar surface area (TPSA) is 158 Å². The van der Waals surface area contributed by atoms with Crippen LogP contribution < -0.4 is 16.0 Å². The van der Waals surface area contributed by atoms with Gasteiger partial charge in [0.05, 0.1) is 12.7 Å². The highest BCUT2D eigenvalue weighted by molar-refractivity contribution is 5.94. The zero-order valence-electron chi connectivity index (χ0n) is 23.3. The van der Waals surface area contributed by atoms with Crippen molar-refractivity contribution in [1.82, 2.24) is 20.9 Å². The van der Waals surface area contributed by atoms with Gasteiger partial charge in [-0.3, -0.25) is 19.2 Å². The lowest BCUT2D eigenvalue weighted by molar-refractivity contribution is -0.176. The number of rotatable bonds is 2. The first-order chi connectivity index (χ1) is 18.9. The van der Waals surface area contributed by atoms with Crippen LogP contribution >= 0.6 is 0 Å². The maximum absolute atomic E-state index is 14.0. The van der Waals surface area contributed by atoms with E-state index < -0.39 is 82.6 Å². The van der Waals surface area contributed by atoms with Crippen molar-refractivity contribution in [3.8, 4) is 18.4 Å². The van der Waals surface area contributed by atoms with Crippen molar-refractivity contribution in [3.63, 3.8) is 0 Å². The predicted octanol–water partition coefficient (Wildman–Crippen LogP) is 0.786. The lowest BCUT2D eigenvalue weighted by atomic mass is 9.74. The number of nitriles is 1. The van der Waals surface area contributed by atoms with Crippen molar-refractivity contribution in [2.75, 3.05) is 13.2 Å². The van der Waals surface area contributed by atoms with E-state index in [9.17, 15) is 42.4 Å². The van der Waals surface area contributed by atoms with Gasteiger partial charge in [0.25, 0.3) is 0 Å². The van der Waals surface area contributed by atoms with E-state index in [-0.39, 0.29) is 38.8 Å². The van der Waals surface area contributed by atoms with Crippen molar-refractivity contribution in [2.24, 2.45) is 22.7 Å². The Morgan fingerprint density at radius 2 is 1.80 bits per heavy atom. The molecule has 3 fully saturated rings. The number of nitrogens with one attached hydrogen (secondary N) is 3. The Labute approximate surface area is 235 Å². The average Bonchev–Trinajstić information content (AvgIpc) is 3.49. The number of carbonyl (C=O) groups excluding carboxylic acids is 5. The van der Waals surface area contributed by atoms with Gasteiger partial charge in [0.15, 0.2) is 0 Å². The number of terminal acetylenes is 1. The quantitative estimate of drug-likeness (QED) is 0.321. The van der Waals surface area contributed by atoms with Gasteiger partial charge in [-0.05, 0) is 44.9 Å². The van der Waals surface area contributed by atoms with Crippen LogP contribution in [0.4, 0.5) is 13.2 Å². The van der Waals surface area contributed by atoms with Crippen molar-refractivity contribution >= 4 is 29.6 Å². The molecule has 3 rings (SSSR count). The minimum Gasteiger partial charge on any atom is -0.464 e. The number of alkyl halides is 3. The molecule has 14 heteroatoms. The SMILES string of the molecule is C#CC(C)(C)[C@H]1CCN2C(=O)[C@@H](NC(=O)C(F)(F)F)C(C)(C)CCOC(=O)[C@@H]3C[C@@H](C[C@@H](C#N)NC(=O)[C@H]12)C(=O)N3. The lowest BCUT2D eigenvalue weighted by Gasteiger charge is -2.39. The molecule has 0 saturated carbocycles. The fourth-order valence-electron chi connectivity index (χ4n) is 5.64. The number of halogens is 3. The van der Waals surface area contributed by atoms with Crippen molar-refractivity contribution in [2.45, 2.75) is 83.7 Å². The standard InChI is InChI=1S/C27H34F3N5O6/c1-6-25(2,3)16-7-9-35-18(16)21(37)32-15(13-31)11-14-12-17(33-20(14)36)23(39)41-10-8-26(4,5)19(22(35)38)34-24(40)27(28,29)30/h1,14-19H,7-12H2,2-5H3,(H,32,37)(H,33,36)(H,34,40)/t14-,15+,16+,17+,18+,19-/m1/s1. The van der Waals surface area contributed by atoms with Crippen LogP contribution in [0.25, 0.3) is 0 Å². The fourth-order valence-corrected chi connectivity index (χ4v) is 5.64. The molecule has 3 aliphatic heterocycles. The van der Waals surface area contributed by atoms with Gasteiger partial charge in [-0.2, -0.15) is 18.4 Å².